The van der Waals surface area contributed by atoms with E-state index in [9.17, 15) is 5.11 Å². The number of phenolic OH excluding ortho intramolecular Hbond substituents is 1. The van der Waals surface area contributed by atoms with Gasteiger partial charge >= 0.3 is 0 Å². The third-order valence-electron chi connectivity index (χ3n) is 13.9. The van der Waals surface area contributed by atoms with Gasteiger partial charge in [-0.2, -0.15) is 0 Å². The Kier molecular flexibility index (Phi) is 6.88. The summed E-state index contributed by atoms with van der Waals surface area (Å²) in [6.07, 6.45) is 10.4. The minimum absolute atomic E-state index is 0.126. The quantitative estimate of drug-likeness (QED) is 0.235. The molecule has 4 aromatic rings. The number of rotatable bonds is 4. The van der Waals surface area contributed by atoms with E-state index in [4.69, 9.17) is 9.47 Å². The van der Waals surface area contributed by atoms with Crippen LogP contribution >= 0.6 is 0 Å². The Morgan fingerprint density at radius 2 is 1.36 bits per heavy atom. The summed E-state index contributed by atoms with van der Waals surface area (Å²) in [7, 11) is 0. The molecule has 1 saturated heterocycles. The summed E-state index contributed by atoms with van der Waals surface area (Å²) in [6, 6.07) is 24.9. The zero-order valence-electron chi connectivity index (χ0n) is 30.4. The molecule has 6 aliphatic carbocycles. The van der Waals surface area contributed by atoms with Crippen LogP contribution in [0.15, 0.2) is 66.7 Å². The van der Waals surface area contributed by atoms with E-state index in [0.717, 1.165) is 78.6 Å². The van der Waals surface area contributed by atoms with Crippen LogP contribution in [0.5, 0.6) is 11.5 Å². The number of benzene rings is 4. The molecule has 4 heteroatoms. The zero-order valence-corrected chi connectivity index (χ0v) is 30.4. The van der Waals surface area contributed by atoms with Crippen LogP contribution in [0.2, 0.25) is 0 Å². The molecule has 4 aromatic carbocycles. The van der Waals surface area contributed by atoms with E-state index in [0.29, 0.717) is 17.6 Å². The Morgan fingerprint density at radius 1 is 0.700 bits per heavy atom. The highest BCUT2D eigenvalue weighted by Crippen LogP contribution is 2.65. The van der Waals surface area contributed by atoms with Crippen molar-refractivity contribution in [2.45, 2.75) is 90.6 Å². The van der Waals surface area contributed by atoms with Crippen LogP contribution in [0.3, 0.4) is 0 Å². The van der Waals surface area contributed by atoms with Crippen LogP contribution in [0.4, 0.5) is 5.69 Å². The number of anilines is 1. The number of phenols is 1. The largest absolute Gasteiger partial charge is 0.507 e. The van der Waals surface area contributed by atoms with Gasteiger partial charge in [-0.1, -0.05) is 64.1 Å². The molecule has 5 saturated carbocycles. The fraction of sp³-hybridized carbons (Fsp3) is 0.522. The van der Waals surface area contributed by atoms with Crippen LogP contribution in [0, 0.1) is 34.5 Å². The molecule has 50 heavy (non-hydrogen) atoms. The van der Waals surface area contributed by atoms with E-state index < -0.39 is 0 Å². The second-order valence-corrected chi connectivity index (χ2v) is 18.9. The molecular weight excluding hydrogens is 615 g/mol. The molecular formula is C46H53NO3. The molecule has 4 nitrogen and oxygen atoms in total. The van der Waals surface area contributed by atoms with Crippen LogP contribution in [-0.2, 0) is 10.2 Å². The lowest BCUT2D eigenvalue weighted by atomic mass is 9.52. The zero-order chi connectivity index (χ0) is 34.0. The van der Waals surface area contributed by atoms with Crippen molar-refractivity contribution in [3.8, 4) is 33.8 Å². The predicted molar refractivity (Wildman–Crippen MR) is 203 cm³/mol. The molecule has 0 radical (unpaired) electrons. The monoisotopic (exact) mass is 667 g/mol. The first kappa shape index (κ1) is 31.3. The summed E-state index contributed by atoms with van der Waals surface area (Å²) in [5, 5.41) is 14.2. The Morgan fingerprint density at radius 3 is 2.04 bits per heavy atom. The number of fused-ring (bicyclic) bond motifs is 7. The van der Waals surface area contributed by atoms with Gasteiger partial charge in [0.15, 0.2) is 0 Å². The maximum absolute atomic E-state index is 12.1. The lowest BCUT2D eigenvalue weighted by molar-refractivity contribution is -0.0787. The molecule has 0 atom stereocenters. The summed E-state index contributed by atoms with van der Waals surface area (Å²) >= 11 is 0. The summed E-state index contributed by atoms with van der Waals surface area (Å²) in [4.78, 5) is 2.41. The van der Waals surface area contributed by atoms with Crippen molar-refractivity contribution in [2.75, 3.05) is 31.2 Å². The van der Waals surface area contributed by atoms with E-state index >= 15 is 0 Å². The summed E-state index contributed by atoms with van der Waals surface area (Å²) in [5.41, 5.74) is 9.13. The molecule has 7 aliphatic rings. The van der Waals surface area contributed by atoms with Gasteiger partial charge in [0, 0.05) is 35.1 Å². The first-order valence-corrected chi connectivity index (χ1v) is 19.6. The summed E-state index contributed by atoms with van der Waals surface area (Å²) < 4.78 is 13.0. The van der Waals surface area contributed by atoms with Crippen LogP contribution in [0.25, 0.3) is 33.0 Å². The maximum Gasteiger partial charge on any atom is 0.128 e. The van der Waals surface area contributed by atoms with Gasteiger partial charge in [-0.05, 0) is 149 Å². The van der Waals surface area contributed by atoms with Crippen molar-refractivity contribution >= 4 is 16.5 Å². The van der Waals surface area contributed by atoms with E-state index in [2.05, 4.69) is 99.3 Å². The maximum atomic E-state index is 12.1. The molecule has 0 aromatic heterocycles. The van der Waals surface area contributed by atoms with Gasteiger partial charge in [0.1, 0.15) is 17.6 Å². The Bertz CT molecular complexity index is 1940. The summed E-state index contributed by atoms with van der Waals surface area (Å²) in [5.74, 6) is 4.49. The molecule has 6 fully saturated rings. The first-order valence-electron chi connectivity index (χ1n) is 19.6. The molecule has 1 N–H and O–H groups in total. The van der Waals surface area contributed by atoms with Gasteiger partial charge in [-0.3, -0.25) is 0 Å². The second kappa shape index (κ2) is 11.0. The molecule has 0 amide bonds. The van der Waals surface area contributed by atoms with Crippen LogP contribution in [-0.4, -0.2) is 37.5 Å². The second-order valence-electron chi connectivity index (χ2n) is 18.9. The minimum Gasteiger partial charge on any atom is -0.507 e. The van der Waals surface area contributed by atoms with E-state index in [1.165, 1.54) is 66.5 Å². The van der Waals surface area contributed by atoms with Crippen molar-refractivity contribution < 1.29 is 14.6 Å². The normalized spacial score (nSPS) is 29.7. The molecule has 1 aliphatic heterocycles. The molecule has 0 unspecified atom stereocenters. The van der Waals surface area contributed by atoms with Crippen LogP contribution < -0.4 is 9.64 Å². The fourth-order valence-electron chi connectivity index (χ4n) is 13.1. The number of hydrogen-bond donors (Lipinski definition) is 1. The standard InChI is InChI=1S/C46H53NO3/c1-44(2)25-45(3,4)27-46(26-44)38-8-6-5-7-34(38)42-37-23-41(50-43-31-18-28-17-29(20-31)21-32(43)19-28)35(22-36(37)40(48)24-39(42)46)30-9-11-33(12-10-30)47-13-15-49-16-14-47/h5-12,22-24,28-29,31-32,43,48H,13-21,25-27H2,1-4H3. The third-order valence-corrected chi connectivity index (χ3v) is 13.9. The van der Waals surface area contributed by atoms with Gasteiger partial charge in [0.25, 0.3) is 0 Å². The average molecular weight is 668 g/mol. The lowest BCUT2D eigenvalue weighted by Crippen LogP contribution is -2.50. The van der Waals surface area contributed by atoms with Gasteiger partial charge in [-0.15, -0.1) is 0 Å². The fourth-order valence-corrected chi connectivity index (χ4v) is 13.1. The molecule has 1 heterocycles. The van der Waals surface area contributed by atoms with Crippen molar-refractivity contribution in [1.29, 1.82) is 0 Å². The predicted octanol–water partition coefficient (Wildman–Crippen LogP) is 10.8. The van der Waals surface area contributed by atoms with Gasteiger partial charge < -0.3 is 19.5 Å². The average Bonchev–Trinajstić information content (AvgIpc) is 3.32. The van der Waals surface area contributed by atoms with Crippen LogP contribution in [0.1, 0.15) is 90.2 Å². The van der Waals surface area contributed by atoms with Gasteiger partial charge in [0.2, 0.25) is 0 Å². The van der Waals surface area contributed by atoms with Crippen molar-refractivity contribution in [2.24, 2.45) is 34.5 Å². The SMILES string of the molecule is CC1(C)CC(C)(C)CC2(C1)c1ccccc1-c1c2cc(O)c2cc(-c3ccc(N4CCOCC4)cc3)c(OC3C4CC5CC(C4)CC3C5)cc12. The number of nitrogens with zero attached hydrogens (tertiary/aromatic N) is 1. The van der Waals surface area contributed by atoms with Gasteiger partial charge in [0.05, 0.1) is 13.2 Å². The highest BCUT2D eigenvalue weighted by atomic mass is 16.5. The number of ether oxygens (including phenoxy) is 2. The van der Waals surface area contributed by atoms with Gasteiger partial charge in [-0.25, -0.2) is 0 Å². The molecule has 11 rings (SSSR count). The minimum atomic E-state index is -0.126. The highest BCUT2D eigenvalue weighted by Gasteiger charge is 2.54. The number of morpholine rings is 1. The van der Waals surface area contributed by atoms with E-state index in [1.807, 2.05) is 0 Å². The van der Waals surface area contributed by atoms with E-state index in [1.54, 1.807) is 0 Å². The third kappa shape index (κ3) is 4.87. The Hall–Kier alpha value is -3.50. The summed E-state index contributed by atoms with van der Waals surface area (Å²) in [6.45, 7) is 13.2. The smallest absolute Gasteiger partial charge is 0.128 e. The molecule has 1 spiro atoms. The molecule has 4 bridgehead atoms. The van der Waals surface area contributed by atoms with Crippen molar-refractivity contribution in [1.82, 2.24) is 0 Å². The van der Waals surface area contributed by atoms with E-state index in [-0.39, 0.29) is 22.3 Å². The Labute approximate surface area is 298 Å². The number of aromatic hydroxyl groups is 1. The highest BCUT2D eigenvalue weighted by molar-refractivity contribution is 6.07. The number of hydrogen-bond acceptors (Lipinski definition) is 4. The molecule has 260 valence electrons. The van der Waals surface area contributed by atoms with Crippen molar-refractivity contribution in [3.05, 3.63) is 77.9 Å². The first-order chi connectivity index (χ1) is 24.1. The van der Waals surface area contributed by atoms with Crippen molar-refractivity contribution in [3.63, 3.8) is 0 Å². The lowest BCUT2D eigenvalue weighted by Gasteiger charge is -2.53. The topological polar surface area (TPSA) is 41.9 Å². The Balaban J connectivity index is 1.16.